The Morgan fingerprint density at radius 1 is 1.36 bits per heavy atom. The van der Waals surface area contributed by atoms with Crippen LogP contribution in [0.5, 0.6) is 0 Å². The fourth-order valence-electron chi connectivity index (χ4n) is 1.33. The third kappa shape index (κ3) is 2.83. The molecule has 1 amide bonds. The van der Waals surface area contributed by atoms with Crippen LogP contribution in [0, 0.1) is 0 Å². The Bertz CT molecular complexity index is 227. The van der Waals surface area contributed by atoms with E-state index in [1.807, 2.05) is 10.8 Å². The molecule has 0 spiro atoms. The third-order valence-electron chi connectivity index (χ3n) is 1.97. The van der Waals surface area contributed by atoms with Gasteiger partial charge >= 0.3 is 6.09 Å². The van der Waals surface area contributed by atoms with E-state index in [9.17, 15) is 4.79 Å². The fourth-order valence-corrected chi connectivity index (χ4v) is 3.09. The van der Waals surface area contributed by atoms with E-state index in [0.717, 1.165) is 25.9 Å². The Balaban J connectivity index is 1.67. The first-order chi connectivity index (χ1) is 6.84. The summed E-state index contributed by atoms with van der Waals surface area (Å²) in [4.78, 5) is 16.4. The molecule has 14 heavy (non-hydrogen) atoms. The number of carbonyl (C=O) groups excluding carboxylic acids is 1. The predicted molar refractivity (Wildman–Crippen MR) is 58.5 cm³/mol. The summed E-state index contributed by atoms with van der Waals surface area (Å²) >= 11 is 3.16. The maximum Gasteiger partial charge on any atom is 0.427 e. The Kier molecular flexibility index (Phi) is 3.61. The second-order valence-corrected chi connectivity index (χ2v) is 5.37. The fraction of sp³-hybridized carbons (Fsp3) is 0.625. The minimum absolute atomic E-state index is 0.0742. The summed E-state index contributed by atoms with van der Waals surface area (Å²) in [5.41, 5.74) is 0. The van der Waals surface area contributed by atoms with Gasteiger partial charge in [-0.15, -0.1) is 5.06 Å². The van der Waals surface area contributed by atoms with Crippen LogP contribution in [0.3, 0.4) is 0 Å². The highest BCUT2D eigenvalue weighted by atomic mass is 32.2. The van der Waals surface area contributed by atoms with Crippen LogP contribution in [-0.4, -0.2) is 29.0 Å². The number of hydrogen-bond donors (Lipinski definition) is 1. The standard InChI is InChI=1S/C8H12N2O2S2/c11-7(9-8-13-5-6-14-8)12-10-3-1-2-4-10/h5-6,8H,1-4H2,(H,9,11). The zero-order valence-corrected chi connectivity index (χ0v) is 9.27. The highest BCUT2D eigenvalue weighted by Gasteiger charge is 2.20. The maximum absolute atomic E-state index is 11.3. The van der Waals surface area contributed by atoms with Gasteiger partial charge in [0.15, 0.2) is 0 Å². The van der Waals surface area contributed by atoms with Gasteiger partial charge in [0, 0.05) is 13.1 Å². The van der Waals surface area contributed by atoms with Gasteiger partial charge in [0.2, 0.25) is 0 Å². The summed E-state index contributed by atoms with van der Waals surface area (Å²) in [5, 5.41) is 8.41. The average molecular weight is 232 g/mol. The van der Waals surface area contributed by atoms with Crippen molar-refractivity contribution < 1.29 is 9.63 Å². The maximum atomic E-state index is 11.3. The first-order valence-corrected chi connectivity index (χ1v) is 6.42. The van der Waals surface area contributed by atoms with Crippen LogP contribution in [0.15, 0.2) is 10.8 Å². The molecule has 1 N–H and O–H groups in total. The SMILES string of the molecule is O=C(NC1SC=CS1)ON1CCCC1. The molecule has 0 aromatic heterocycles. The number of amides is 1. The number of hydroxylamine groups is 2. The van der Waals surface area contributed by atoms with Crippen molar-refractivity contribution in [1.29, 1.82) is 0 Å². The Hall–Kier alpha value is -0.330. The van der Waals surface area contributed by atoms with E-state index in [1.165, 1.54) is 0 Å². The second kappa shape index (κ2) is 4.95. The van der Waals surface area contributed by atoms with Crippen molar-refractivity contribution in [2.75, 3.05) is 13.1 Å². The van der Waals surface area contributed by atoms with E-state index in [2.05, 4.69) is 5.32 Å². The molecule has 0 aromatic carbocycles. The summed E-state index contributed by atoms with van der Waals surface area (Å²) in [5.74, 6) is 0. The summed E-state index contributed by atoms with van der Waals surface area (Å²) < 4.78 is 0.0742. The van der Waals surface area contributed by atoms with Gasteiger partial charge in [0.25, 0.3) is 0 Å². The van der Waals surface area contributed by atoms with Crippen LogP contribution in [-0.2, 0) is 4.84 Å². The van der Waals surface area contributed by atoms with Crippen LogP contribution in [0.1, 0.15) is 12.8 Å². The molecule has 0 aromatic rings. The molecule has 4 nitrogen and oxygen atoms in total. The molecule has 78 valence electrons. The zero-order valence-electron chi connectivity index (χ0n) is 7.64. The molecule has 0 saturated carbocycles. The van der Waals surface area contributed by atoms with Gasteiger partial charge in [-0.2, -0.15) is 0 Å². The molecular formula is C8H12N2O2S2. The molecule has 0 aliphatic carbocycles. The van der Waals surface area contributed by atoms with E-state index in [0.29, 0.717) is 0 Å². The van der Waals surface area contributed by atoms with Gasteiger partial charge in [-0.25, -0.2) is 4.79 Å². The van der Waals surface area contributed by atoms with Crippen LogP contribution < -0.4 is 5.32 Å². The number of rotatable bonds is 2. The highest BCUT2D eigenvalue weighted by molar-refractivity contribution is 8.22. The van der Waals surface area contributed by atoms with Crippen molar-refractivity contribution >= 4 is 29.6 Å². The molecule has 0 radical (unpaired) electrons. The molecule has 2 aliphatic rings. The van der Waals surface area contributed by atoms with Crippen LogP contribution in [0.25, 0.3) is 0 Å². The van der Waals surface area contributed by atoms with Crippen molar-refractivity contribution in [2.45, 2.75) is 17.5 Å². The third-order valence-corrected chi connectivity index (χ3v) is 4.13. The first-order valence-electron chi connectivity index (χ1n) is 4.54. The van der Waals surface area contributed by atoms with E-state index >= 15 is 0 Å². The van der Waals surface area contributed by atoms with Crippen LogP contribution >= 0.6 is 23.5 Å². The molecule has 1 saturated heterocycles. The second-order valence-electron chi connectivity index (χ2n) is 3.04. The van der Waals surface area contributed by atoms with Gasteiger partial charge in [-0.1, -0.05) is 23.5 Å². The van der Waals surface area contributed by atoms with Crippen molar-refractivity contribution in [2.24, 2.45) is 0 Å². The smallest absolute Gasteiger partial charge is 0.351 e. The average Bonchev–Trinajstić information content (AvgIpc) is 2.76. The van der Waals surface area contributed by atoms with E-state index in [1.54, 1.807) is 28.6 Å². The molecular weight excluding hydrogens is 220 g/mol. The van der Waals surface area contributed by atoms with E-state index in [-0.39, 0.29) is 10.8 Å². The lowest BCUT2D eigenvalue weighted by molar-refractivity contribution is -0.0800. The quantitative estimate of drug-likeness (QED) is 0.788. The van der Waals surface area contributed by atoms with Crippen molar-refractivity contribution in [3.8, 4) is 0 Å². The molecule has 1 fully saturated rings. The molecule has 6 heteroatoms. The normalized spacial score (nSPS) is 22.9. The van der Waals surface area contributed by atoms with Gasteiger partial charge in [0.05, 0.1) is 0 Å². The lowest BCUT2D eigenvalue weighted by Crippen LogP contribution is -2.35. The summed E-state index contributed by atoms with van der Waals surface area (Å²) in [6.45, 7) is 1.72. The molecule has 2 aliphatic heterocycles. The summed E-state index contributed by atoms with van der Waals surface area (Å²) in [6.07, 6.45) is 1.88. The molecule has 0 atom stereocenters. The van der Waals surface area contributed by atoms with Crippen molar-refractivity contribution in [1.82, 2.24) is 10.4 Å². The minimum Gasteiger partial charge on any atom is -0.351 e. The topological polar surface area (TPSA) is 41.6 Å². The van der Waals surface area contributed by atoms with E-state index < -0.39 is 0 Å². The molecule has 0 unspecified atom stereocenters. The van der Waals surface area contributed by atoms with E-state index in [4.69, 9.17) is 4.84 Å². The molecule has 2 heterocycles. The number of nitrogens with one attached hydrogen (secondary N) is 1. The van der Waals surface area contributed by atoms with Gasteiger partial charge in [-0.3, -0.25) is 5.32 Å². The van der Waals surface area contributed by atoms with Gasteiger partial charge in [-0.05, 0) is 23.7 Å². The van der Waals surface area contributed by atoms with Gasteiger partial charge < -0.3 is 4.84 Å². The number of carbonyl (C=O) groups is 1. The lowest BCUT2D eigenvalue weighted by atomic mass is 10.4. The van der Waals surface area contributed by atoms with Crippen LogP contribution in [0.4, 0.5) is 4.79 Å². The van der Waals surface area contributed by atoms with Gasteiger partial charge in [0.1, 0.15) is 4.71 Å². The minimum atomic E-state index is -0.347. The Morgan fingerprint density at radius 3 is 2.64 bits per heavy atom. The first kappa shape index (κ1) is 10.2. The highest BCUT2D eigenvalue weighted by Crippen LogP contribution is 2.30. The van der Waals surface area contributed by atoms with Crippen LogP contribution in [0.2, 0.25) is 0 Å². The monoisotopic (exact) mass is 232 g/mol. The molecule has 2 rings (SSSR count). The Labute approximate surface area is 91.4 Å². The zero-order chi connectivity index (χ0) is 9.80. The predicted octanol–water partition coefficient (Wildman–Crippen LogP) is 1.96. The molecule has 0 bridgehead atoms. The largest absolute Gasteiger partial charge is 0.427 e. The number of thioether (sulfide) groups is 2. The lowest BCUT2D eigenvalue weighted by Gasteiger charge is -2.16. The Morgan fingerprint density at radius 2 is 2.00 bits per heavy atom. The summed E-state index contributed by atoms with van der Waals surface area (Å²) in [6, 6.07) is 0. The van der Waals surface area contributed by atoms with Crippen molar-refractivity contribution in [3.05, 3.63) is 10.8 Å². The number of nitrogens with zero attached hydrogens (tertiary/aromatic N) is 1. The number of hydrogen-bond acceptors (Lipinski definition) is 5. The summed E-state index contributed by atoms with van der Waals surface area (Å²) in [7, 11) is 0. The van der Waals surface area contributed by atoms with Crippen molar-refractivity contribution in [3.63, 3.8) is 0 Å².